The first kappa shape index (κ1) is 11.9. The Morgan fingerprint density at radius 3 is 2.19 bits per heavy atom. The highest BCUT2D eigenvalue weighted by molar-refractivity contribution is 5.20. The summed E-state index contributed by atoms with van der Waals surface area (Å²) in [6.45, 7) is 4.35. The molecule has 0 aromatic rings. The summed E-state index contributed by atoms with van der Waals surface area (Å²) in [6, 6.07) is 3.11. The molecule has 0 aliphatic heterocycles. The number of nitrogens with zero attached hydrogens (tertiary/aromatic N) is 1. The summed E-state index contributed by atoms with van der Waals surface area (Å²) in [7, 11) is 0. The van der Waals surface area contributed by atoms with Gasteiger partial charge in [0, 0.05) is 6.04 Å². The molecular weight excluding hydrogens is 196 g/mol. The van der Waals surface area contributed by atoms with Crippen LogP contribution in [0.3, 0.4) is 0 Å². The van der Waals surface area contributed by atoms with Crippen LogP contribution in [-0.4, -0.2) is 11.6 Å². The third-order valence-corrected chi connectivity index (χ3v) is 4.78. The maximum atomic E-state index is 9.45. The predicted octanol–water partition coefficient (Wildman–Crippen LogP) is 3.38. The summed E-state index contributed by atoms with van der Waals surface area (Å²) in [5.74, 6) is 0. The van der Waals surface area contributed by atoms with E-state index >= 15 is 0 Å². The van der Waals surface area contributed by atoms with Crippen LogP contribution in [0.5, 0.6) is 0 Å². The van der Waals surface area contributed by atoms with Crippen LogP contribution in [0.2, 0.25) is 0 Å². The molecule has 0 amide bonds. The minimum absolute atomic E-state index is 0.230. The van der Waals surface area contributed by atoms with E-state index in [-0.39, 0.29) is 11.0 Å². The SMILES string of the molecule is CC1(C(C)(C#N)NC2CCCCCC2)CC1. The van der Waals surface area contributed by atoms with E-state index in [9.17, 15) is 5.26 Å². The largest absolute Gasteiger partial charge is 0.296 e. The number of nitriles is 1. The van der Waals surface area contributed by atoms with Gasteiger partial charge in [-0.2, -0.15) is 5.26 Å². The van der Waals surface area contributed by atoms with E-state index in [0.29, 0.717) is 6.04 Å². The third-order valence-electron chi connectivity index (χ3n) is 4.78. The standard InChI is InChI=1S/C14H24N2/c1-13(9-10-13)14(2,11-15)16-12-7-5-3-4-6-8-12/h12,16H,3-10H2,1-2H3. The second kappa shape index (κ2) is 4.37. The molecule has 0 saturated heterocycles. The molecule has 0 aromatic carbocycles. The second-order valence-corrected chi connectivity index (χ2v) is 6.13. The third kappa shape index (κ3) is 2.25. The first-order chi connectivity index (χ1) is 7.60. The van der Waals surface area contributed by atoms with Crippen LogP contribution in [0.15, 0.2) is 0 Å². The van der Waals surface area contributed by atoms with E-state index in [1.165, 1.54) is 51.4 Å². The zero-order valence-corrected chi connectivity index (χ0v) is 10.7. The summed E-state index contributed by atoms with van der Waals surface area (Å²) in [5, 5.41) is 13.1. The van der Waals surface area contributed by atoms with Crippen LogP contribution in [0.4, 0.5) is 0 Å². The van der Waals surface area contributed by atoms with Gasteiger partial charge in [0.2, 0.25) is 0 Å². The Balaban J connectivity index is 1.98. The Labute approximate surface area is 99.4 Å². The lowest BCUT2D eigenvalue weighted by Gasteiger charge is -2.34. The molecule has 0 bridgehead atoms. The number of hydrogen-bond acceptors (Lipinski definition) is 2. The van der Waals surface area contributed by atoms with Crippen LogP contribution in [0, 0.1) is 16.7 Å². The van der Waals surface area contributed by atoms with E-state index in [0.717, 1.165) is 0 Å². The fraction of sp³-hybridized carbons (Fsp3) is 0.929. The van der Waals surface area contributed by atoms with Crippen molar-refractivity contribution in [3.63, 3.8) is 0 Å². The first-order valence-corrected chi connectivity index (χ1v) is 6.79. The number of hydrogen-bond donors (Lipinski definition) is 1. The second-order valence-electron chi connectivity index (χ2n) is 6.13. The van der Waals surface area contributed by atoms with E-state index in [4.69, 9.17) is 0 Å². The normalized spacial score (nSPS) is 28.8. The maximum absolute atomic E-state index is 9.45. The van der Waals surface area contributed by atoms with Gasteiger partial charge in [0.1, 0.15) is 5.54 Å². The van der Waals surface area contributed by atoms with Gasteiger partial charge in [-0.3, -0.25) is 5.32 Å². The molecule has 2 nitrogen and oxygen atoms in total. The average molecular weight is 220 g/mol. The lowest BCUT2D eigenvalue weighted by molar-refractivity contribution is 0.252. The van der Waals surface area contributed by atoms with Crippen molar-refractivity contribution in [2.24, 2.45) is 5.41 Å². The molecule has 1 atom stereocenters. The predicted molar refractivity (Wildman–Crippen MR) is 66.0 cm³/mol. The van der Waals surface area contributed by atoms with Crippen molar-refractivity contribution in [2.75, 3.05) is 0 Å². The highest BCUT2D eigenvalue weighted by Crippen LogP contribution is 2.53. The fourth-order valence-electron chi connectivity index (χ4n) is 2.86. The molecular formula is C14H24N2. The molecule has 2 rings (SSSR count). The minimum Gasteiger partial charge on any atom is -0.296 e. The van der Waals surface area contributed by atoms with Gasteiger partial charge in [0.25, 0.3) is 0 Å². The molecule has 2 aliphatic rings. The van der Waals surface area contributed by atoms with Crippen LogP contribution >= 0.6 is 0 Å². The molecule has 0 spiro atoms. The zero-order valence-electron chi connectivity index (χ0n) is 10.7. The molecule has 1 N–H and O–H groups in total. The van der Waals surface area contributed by atoms with Crippen molar-refractivity contribution in [2.45, 2.75) is 76.8 Å². The van der Waals surface area contributed by atoms with E-state index < -0.39 is 0 Å². The monoisotopic (exact) mass is 220 g/mol. The first-order valence-electron chi connectivity index (χ1n) is 6.79. The van der Waals surface area contributed by atoms with Crippen molar-refractivity contribution in [3.05, 3.63) is 0 Å². The Bertz CT molecular complexity index is 280. The molecule has 0 aromatic heterocycles. The molecule has 1 unspecified atom stereocenters. The molecule has 0 heterocycles. The van der Waals surface area contributed by atoms with Crippen LogP contribution < -0.4 is 5.32 Å². The topological polar surface area (TPSA) is 35.8 Å². The van der Waals surface area contributed by atoms with Gasteiger partial charge in [-0.15, -0.1) is 0 Å². The summed E-state index contributed by atoms with van der Waals surface area (Å²) in [6.07, 6.45) is 10.3. The lowest BCUT2D eigenvalue weighted by atomic mass is 9.84. The molecule has 2 heteroatoms. The highest BCUT2D eigenvalue weighted by atomic mass is 15.0. The van der Waals surface area contributed by atoms with Gasteiger partial charge in [-0.25, -0.2) is 0 Å². The number of rotatable bonds is 3. The van der Waals surface area contributed by atoms with Gasteiger partial charge in [-0.1, -0.05) is 32.6 Å². The van der Waals surface area contributed by atoms with Gasteiger partial charge in [-0.05, 0) is 38.0 Å². The zero-order chi connectivity index (χ0) is 11.6. The van der Waals surface area contributed by atoms with Crippen molar-refractivity contribution in [3.8, 4) is 6.07 Å². The van der Waals surface area contributed by atoms with Crippen LogP contribution in [-0.2, 0) is 0 Å². The molecule has 2 fully saturated rings. The van der Waals surface area contributed by atoms with Gasteiger partial charge < -0.3 is 0 Å². The summed E-state index contributed by atoms with van der Waals surface area (Å²) >= 11 is 0. The molecule has 2 saturated carbocycles. The van der Waals surface area contributed by atoms with E-state index in [1.54, 1.807) is 0 Å². The molecule has 90 valence electrons. The van der Waals surface area contributed by atoms with E-state index in [2.05, 4.69) is 25.2 Å². The van der Waals surface area contributed by atoms with Gasteiger partial charge >= 0.3 is 0 Å². The summed E-state index contributed by atoms with van der Waals surface area (Å²) in [4.78, 5) is 0. The molecule has 0 radical (unpaired) electrons. The smallest absolute Gasteiger partial charge is 0.109 e. The van der Waals surface area contributed by atoms with Crippen molar-refractivity contribution < 1.29 is 0 Å². The van der Waals surface area contributed by atoms with Crippen LogP contribution in [0.25, 0.3) is 0 Å². The molecule has 2 aliphatic carbocycles. The Kier molecular flexibility index (Phi) is 3.26. The summed E-state index contributed by atoms with van der Waals surface area (Å²) < 4.78 is 0. The number of nitrogens with one attached hydrogen (secondary N) is 1. The van der Waals surface area contributed by atoms with Crippen molar-refractivity contribution >= 4 is 0 Å². The van der Waals surface area contributed by atoms with Gasteiger partial charge in [0.15, 0.2) is 0 Å². The maximum Gasteiger partial charge on any atom is 0.109 e. The lowest BCUT2D eigenvalue weighted by Crippen LogP contribution is -2.52. The Morgan fingerprint density at radius 2 is 1.75 bits per heavy atom. The van der Waals surface area contributed by atoms with E-state index in [1.807, 2.05) is 0 Å². The highest BCUT2D eigenvalue weighted by Gasteiger charge is 2.54. The minimum atomic E-state index is -0.304. The quantitative estimate of drug-likeness (QED) is 0.740. The summed E-state index contributed by atoms with van der Waals surface area (Å²) in [5.41, 5.74) is -0.0734. The van der Waals surface area contributed by atoms with Crippen molar-refractivity contribution in [1.82, 2.24) is 5.32 Å². The Hall–Kier alpha value is -0.550. The molecule has 16 heavy (non-hydrogen) atoms. The van der Waals surface area contributed by atoms with Gasteiger partial charge in [0.05, 0.1) is 6.07 Å². The fourth-order valence-corrected chi connectivity index (χ4v) is 2.86. The average Bonchev–Trinajstić information content (AvgIpc) is 3.04. The van der Waals surface area contributed by atoms with Crippen LogP contribution in [0.1, 0.15) is 65.2 Å². The Morgan fingerprint density at radius 1 is 1.19 bits per heavy atom. The van der Waals surface area contributed by atoms with Crippen molar-refractivity contribution in [1.29, 1.82) is 5.26 Å².